The Kier molecular flexibility index (Phi) is 4.15. The van der Waals surface area contributed by atoms with E-state index in [1.165, 1.54) is 0 Å². The zero-order chi connectivity index (χ0) is 18.3. The first kappa shape index (κ1) is 16.6. The van der Waals surface area contributed by atoms with E-state index in [-0.39, 0.29) is 23.3 Å². The van der Waals surface area contributed by atoms with Crippen LogP contribution in [-0.4, -0.2) is 35.5 Å². The van der Waals surface area contributed by atoms with Crippen LogP contribution in [0.2, 0.25) is 0 Å². The predicted octanol–water partition coefficient (Wildman–Crippen LogP) is 3.08. The number of hydrogen-bond acceptors (Lipinski definition) is 3. The van der Waals surface area contributed by atoms with E-state index in [0.717, 1.165) is 35.3 Å². The Labute approximate surface area is 152 Å². The van der Waals surface area contributed by atoms with Gasteiger partial charge in [-0.15, -0.1) is 0 Å². The zero-order valence-corrected chi connectivity index (χ0v) is 14.6. The van der Waals surface area contributed by atoms with Gasteiger partial charge in [0.1, 0.15) is 5.75 Å². The molecule has 2 atom stereocenters. The van der Waals surface area contributed by atoms with Gasteiger partial charge >= 0.3 is 5.97 Å². The Hall–Kier alpha value is -2.82. The standard InChI is InChI=1S/C21H21NO4/c1-26-17-4-2-3-14(10-17)18-11-19(18)20(23)22-8-7-13-5-6-15(21(24)25)9-16(13)12-22/h2-6,9-10,18-19H,7-8,11-12H2,1H3,(H,24,25). The zero-order valence-electron chi connectivity index (χ0n) is 14.6. The second-order valence-corrected chi connectivity index (χ2v) is 7.02. The van der Waals surface area contributed by atoms with Gasteiger partial charge in [-0.25, -0.2) is 4.79 Å². The van der Waals surface area contributed by atoms with Gasteiger partial charge in [-0.1, -0.05) is 18.2 Å². The summed E-state index contributed by atoms with van der Waals surface area (Å²) in [4.78, 5) is 26.0. The van der Waals surface area contributed by atoms with Gasteiger partial charge < -0.3 is 14.7 Å². The largest absolute Gasteiger partial charge is 0.497 e. The summed E-state index contributed by atoms with van der Waals surface area (Å²) in [6.07, 6.45) is 1.64. The van der Waals surface area contributed by atoms with Gasteiger partial charge in [0, 0.05) is 19.0 Å². The number of aromatic carboxylic acids is 1. The summed E-state index contributed by atoms with van der Waals surface area (Å²) in [5.41, 5.74) is 3.51. The fourth-order valence-corrected chi connectivity index (χ4v) is 3.82. The molecule has 2 aromatic rings. The van der Waals surface area contributed by atoms with Gasteiger partial charge in [-0.2, -0.15) is 0 Å². The highest BCUT2D eigenvalue weighted by Gasteiger charge is 2.46. The highest BCUT2D eigenvalue weighted by Crippen LogP contribution is 2.49. The first-order valence-corrected chi connectivity index (χ1v) is 8.84. The predicted molar refractivity (Wildman–Crippen MR) is 96.4 cm³/mol. The third kappa shape index (κ3) is 3.05. The highest BCUT2D eigenvalue weighted by atomic mass is 16.5. The average molecular weight is 351 g/mol. The summed E-state index contributed by atoms with van der Waals surface area (Å²) in [6, 6.07) is 13.1. The van der Waals surface area contributed by atoms with Crippen LogP contribution >= 0.6 is 0 Å². The second kappa shape index (κ2) is 6.48. The lowest BCUT2D eigenvalue weighted by Crippen LogP contribution is -2.37. The summed E-state index contributed by atoms with van der Waals surface area (Å²) in [5.74, 6) is 0.324. The monoisotopic (exact) mass is 351 g/mol. The van der Waals surface area contributed by atoms with Crippen LogP contribution in [0.25, 0.3) is 0 Å². The summed E-state index contributed by atoms with van der Waals surface area (Å²) < 4.78 is 5.27. The molecule has 1 saturated carbocycles. The SMILES string of the molecule is COc1cccc(C2CC2C(=O)N2CCc3ccc(C(=O)O)cc3C2)c1. The molecule has 4 rings (SSSR count). The van der Waals surface area contributed by atoms with Crippen molar-refractivity contribution in [1.82, 2.24) is 4.90 Å². The van der Waals surface area contributed by atoms with Crippen molar-refractivity contribution in [2.75, 3.05) is 13.7 Å². The molecule has 0 spiro atoms. The van der Waals surface area contributed by atoms with E-state index in [2.05, 4.69) is 0 Å². The Morgan fingerprint density at radius 3 is 2.77 bits per heavy atom. The number of carboxylic acids is 1. The van der Waals surface area contributed by atoms with Crippen molar-refractivity contribution in [3.63, 3.8) is 0 Å². The number of methoxy groups -OCH3 is 1. The molecule has 2 unspecified atom stereocenters. The molecule has 26 heavy (non-hydrogen) atoms. The van der Waals surface area contributed by atoms with Crippen LogP contribution < -0.4 is 4.74 Å². The minimum absolute atomic E-state index is 0.0197. The molecular formula is C21H21NO4. The number of ether oxygens (including phenoxy) is 1. The molecule has 1 aliphatic carbocycles. The van der Waals surface area contributed by atoms with E-state index >= 15 is 0 Å². The first-order valence-electron chi connectivity index (χ1n) is 8.84. The van der Waals surface area contributed by atoms with Crippen molar-refractivity contribution in [2.45, 2.75) is 25.3 Å². The lowest BCUT2D eigenvalue weighted by molar-refractivity contribution is -0.133. The van der Waals surface area contributed by atoms with Gasteiger partial charge in [0.15, 0.2) is 0 Å². The molecule has 1 aliphatic heterocycles. The number of amides is 1. The number of carboxylic acid groups (broad SMARTS) is 1. The maximum absolute atomic E-state index is 12.9. The maximum Gasteiger partial charge on any atom is 0.335 e. The number of fused-ring (bicyclic) bond motifs is 1. The van der Waals surface area contributed by atoms with Gasteiger partial charge in [0.25, 0.3) is 0 Å². The molecule has 0 radical (unpaired) electrons. The summed E-state index contributed by atoms with van der Waals surface area (Å²) in [5, 5.41) is 9.17. The van der Waals surface area contributed by atoms with Crippen LogP contribution in [0.1, 0.15) is 39.4 Å². The lowest BCUT2D eigenvalue weighted by Gasteiger charge is -2.29. The number of carbonyl (C=O) groups is 2. The Bertz CT molecular complexity index is 876. The van der Waals surface area contributed by atoms with Crippen molar-refractivity contribution < 1.29 is 19.4 Å². The van der Waals surface area contributed by atoms with E-state index in [1.54, 1.807) is 19.2 Å². The Morgan fingerprint density at radius 1 is 1.15 bits per heavy atom. The third-order valence-electron chi connectivity index (χ3n) is 5.41. The van der Waals surface area contributed by atoms with Crippen molar-refractivity contribution in [3.8, 4) is 5.75 Å². The molecule has 2 aliphatic rings. The minimum Gasteiger partial charge on any atom is -0.497 e. The number of nitrogens with zero attached hydrogens (tertiary/aromatic N) is 1. The van der Waals surface area contributed by atoms with E-state index < -0.39 is 5.97 Å². The van der Waals surface area contributed by atoms with E-state index in [9.17, 15) is 14.7 Å². The summed E-state index contributed by atoms with van der Waals surface area (Å²) in [6.45, 7) is 1.19. The highest BCUT2D eigenvalue weighted by molar-refractivity contribution is 5.88. The quantitative estimate of drug-likeness (QED) is 0.919. The lowest BCUT2D eigenvalue weighted by atomic mass is 9.97. The van der Waals surface area contributed by atoms with Crippen molar-refractivity contribution in [1.29, 1.82) is 0 Å². The molecule has 1 heterocycles. The third-order valence-corrected chi connectivity index (χ3v) is 5.41. The first-order chi connectivity index (χ1) is 12.6. The maximum atomic E-state index is 12.9. The van der Waals surface area contributed by atoms with Crippen molar-refractivity contribution in [3.05, 3.63) is 64.7 Å². The molecule has 0 bridgehead atoms. The number of rotatable bonds is 4. The average Bonchev–Trinajstić information content (AvgIpc) is 3.47. The molecule has 0 saturated heterocycles. The topological polar surface area (TPSA) is 66.8 Å². The van der Waals surface area contributed by atoms with Gasteiger partial charge in [0.05, 0.1) is 12.7 Å². The fourth-order valence-electron chi connectivity index (χ4n) is 3.82. The Morgan fingerprint density at radius 2 is 2.00 bits per heavy atom. The van der Waals surface area contributed by atoms with Crippen LogP contribution in [-0.2, 0) is 17.8 Å². The molecule has 5 nitrogen and oxygen atoms in total. The number of benzene rings is 2. The number of carbonyl (C=O) groups excluding carboxylic acids is 1. The molecule has 0 aromatic heterocycles. The normalized spacial score (nSPS) is 21.0. The van der Waals surface area contributed by atoms with Crippen molar-refractivity contribution in [2.24, 2.45) is 5.92 Å². The molecule has 1 amide bonds. The summed E-state index contributed by atoms with van der Waals surface area (Å²) >= 11 is 0. The fraction of sp³-hybridized carbons (Fsp3) is 0.333. The second-order valence-electron chi connectivity index (χ2n) is 7.02. The molecule has 2 aromatic carbocycles. The van der Waals surface area contributed by atoms with Crippen LogP contribution in [0, 0.1) is 5.92 Å². The summed E-state index contributed by atoms with van der Waals surface area (Å²) in [7, 11) is 1.64. The van der Waals surface area contributed by atoms with E-state index in [1.807, 2.05) is 35.2 Å². The van der Waals surface area contributed by atoms with Crippen LogP contribution in [0.3, 0.4) is 0 Å². The minimum atomic E-state index is -0.934. The smallest absolute Gasteiger partial charge is 0.335 e. The molecule has 1 fully saturated rings. The van der Waals surface area contributed by atoms with E-state index in [0.29, 0.717) is 13.1 Å². The van der Waals surface area contributed by atoms with Crippen molar-refractivity contribution >= 4 is 11.9 Å². The molecule has 1 N–H and O–H groups in total. The molecule has 134 valence electrons. The van der Waals surface area contributed by atoms with E-state index in [4.69, 9.17) is 4.74 Å². The van der Waals surface area contributed by atoms with Gasteiger partial charge in [-0.3, -0.25) is 4.79 Å². The van der Waals surface area contributed by atoms with Crippen LogP contribution in [0.5, 0.6) is 5.75 Å². The van der Waals surface area contributed by atoms with Gasteiger partial charge in [0.2, 0.25) is 5.91 Å². The van der Waals surface area contributed by atoms with Crippen LogP contribution in [0.15, 0.2) is 42.5 Å². The number of hydrogen-bond donors (Lipinski definition) is 1. The molecule has 5 heteroatoms. The molecular weight excluding hydrogens is 330 g/mol. The Balaban J connectivity index is 1.47. The van der Waals surface area contributed by atoms with Gasteiger partial charge in [-0.05, 0) is 59.7 Å². The van der Waals surface area contributed by atoms with Crippen LogP contribution in [0.4, 0.5) is 0 Å².